The summed E-state index contributed by atoms with van der Waals surface area (Å²) in [5, 5.41) is 31.5. The van der Waals surface area contributed by atoms with Crippen LogP contribution in [0, 0.1) is 0 Å². The van der Waals surface area contributed by atoms with Crippen LogP contribution in [0.15, 0.2) is 121 Å². The molecule has 0 unspecified atom stereocenters. The van der Waals surface area contributed by atoms with Crippen LogP contribution < -0.4 is 10.9 Å². The zero-order valence-electron chi connectivity index (χ0n) is 16.5. The molecule has 0 aliphatic heterocycles. The first-order valence-corrected chi connectivity index (χ1v) is 9.50. The number of rotatable bonds is 3. The van der Waals surface area contributed by atoms with E-state index in [1.165, 1.54) is 11.1 Å². The zero-order valence-corrected chi connectivity index (χ0v) is 16.5. The Bertz CT molecular complexity index is 858. The van der Waals surface area contributed by atoms with Gasteiger partial charge in [0.05, 0.1) is 0 Å². The summed E-state index contributed by atoms with van der Waals surface area (Å²) in [6, 6.07) is 40.1. The lowest BCUT2D eigenvalue weighted by atomic mass is 9.56. The summed E-state index contributed by atoms with van der Waals surface area (Å²) in [5.41, 5.74) is 4.41. The van der Waals surface area contributed by atoms with Crippen LogP contribution in [0.5, 0.6) is 0 Å². The number of hydrogen-bond acceptors (Lipinski definition) is 4. The van der Waals surface area contributed by atoms with Gasteiger partial charge in [-0.25, -0.2) is 0 Å². The van der Waals surface area contributed by atoms with Crippen LogP contribution in [0.25, 0.3) is 11.1 Å². The van der Waals surface area contributed by atoms with Crippen molar-refractivity contribution >= 4 is 25.2 Å². The maximum Gasteiger partial charge on any atom is 0.631 e. The highest BCUT2D eigenvalue weighted by Gasteiger charge is 2.15. The largest absolute Gasteiger partial charge is 0.631 e. The minimum absolute atomic E-state index is 0.516. The highest BCUT2D eigenvalue weighted by molar-refractivity contribution is 6.78. The lowest BCUT2D eigenvalue weighted by Crippen LogP contribution is -2.41. The van der Waals surface area contributed by atoms with Gasteiger partial charge in [0.1, 0.15) is 0 Å². The molecule has 6 heteroatoms. The average Bonchev–Trinajstić information content (AvgIpc) is 2.81. The normalized spacial score (nSPS) is 9.33. The van der Waals surface area contributed by atoms with Gasteiger partial charge in [0.15, 0.2) is 0 Å². The SMILES string of the molecule is OB(O)O.OB(c1ccccc1)c1ccccc1.c1ccc(-c2ccccc2)cc1. The van der Waals surface area contributed by atoms with E-state index in [1.54, 1.807) is 0 Å². The van der Waals surface area contributed by atoms with E-state index in [4.69, 9.17) is 15.1 Å². The second-order valence-electron chi connectivity index (χ2n) is 6.30. The van der Waals surface area contributed by atoms with Crippen LogP contribution in [0.4, 0.5) is 0 Å². The minimum Gasteiger partial charge on any atom is -0.443 e. The molecule has 0 bridgehead atoms. The summed E-state index contributed by atoms with van der Waals surface area (Å²) in [5.74, 6) is 0. The summed E-state index contributed by atoms with van der Waals surface area (Å²) in [4.78, 5) is 0. The van der Waals surface area contributed by atoms with Crippen molar-refractivity contribution < 1.29 is 20.1 Å². The molecule has 4 rings (SSSR count). The molecule has 4 N–H and O–H groups in total. The third-order valence-electron chi connectivity index (χ3n) is 4.11. The zero-order chi connectivity index (χ0) is 21.6. The van der Waals surface area contributed by atoms with Gasteiger partial charge >= 0.3 is 14.2 Å². The fourth-order valence-corrected chi connectivity index (χ4v) is 2.72. The van der Waals surface area contributed by atoms with Crippen molar-refractivity contribution in [3.63, 3.8) is 0 Å². The van der Waals surface area contributed by atoms with Gasteiger partial charge < -0.3 is 20.1 Å². The van der Waals surface area contributed by atoms with E-state index in [2.05, 4.69) is 48.5 Å². The first-order valence-electron chi connectivity index (χ1n) is 9.50. The standard InChI is InChI=1S/C12H11BO.C12H10.BH3O3/c14-13(11-7-3-1-4-8-11)12-9-5-2-6-10-12;1-3-7-11(8-4-1)12-9-5-2-6-10-12;2-1(3)4/h1-10,14H;1-10H;2-4H. The molecule has 0 saturated heterocycles. The Morgan fingerprint density at radius 3 is 0.867 bits per heavy atom. The molecule has 0 radical (unpaired) electrons. The molecule has 0 fully saturated rings. The topological polar surface area (TPSA) is 80.9 Å². The third kappa shape index (κ3) is 8.47. The van der Waals surface area contributed by atoms with Gasteiger partial charge in [0.2, 0.25) is 0 Å². The van der Waals surface area contributed by atoms with Gasteiger partial charge in [-0.05, 0) is 22.1 Å². The van der Waals surface area contributed by atoms with Gasteiger partial charge in [0.25, 0.3) is 0 Å². The van der Waals surface area contributed by atoms with Crippen LogP contribution >= 0.6 is 0 Å². The second kappa shape index (κ2) is 13.1. The Balaban J connectivity index is 0.000000183. The number of hydrogen-bond donors (Lipinski definition) is 4. The Hall–Kier alpha value is -3.15. The molecule has 0 saturated carbocycles. The lowest BCUT2D eigenvalue weighted by molar-refractivity contribution is 0.278. The average molecular weight is 398 g/mol. The maximum atomic E-state index is 9.99. The van der Waals surface area contributed by atoms with Crippen LogP contribution in [0.3, 0.4) is 0 Å². The highest BCUT2D eigenvalue weighted by Crippen LogP contribution is 2.17. The van der Waals surface area contributed by atoms with Gasteiger partial charge in [-0.3, -0.25) is 0 Å². The van der Waals surface area contributed by atoms with E-state index in [9.17, 15) is 5.02 Å². The fourth-order valence-electron chi connectivity index (χ4n) is 2.72. The molecule has 0 atom stereocenters. The monoisotopic (exact) mass is 398 g/mol. The predicted molar refractivity (Wildman–Crippen MR) is 124 cm³/mol. The van der Waals surface area contributed by atoms with Crippen molar-refractivity contribution in [2.75, 3.05) is 0 Å². The van der Waals surface area contributed by atoms with Crippen molar-refractivity contribution in [2.24, 2.45) is 0 Å². The van der Waals surface area contributed by atoms with Gasteiger partial charge in [-0.15, -0.1) is 0 Å². The smallest absolute Gasteiger partial charge is 0.443 e. The van der Waals surface area contributed by atoms with Crippen LogP contribution in [-0.4, -0.2) is 34.3 Å². The first-order chi connectivity index (χ1) is 14.6. The quantitative estimate of drug-likeness (QED) is 0.399. The lowest BCUT2D eigenvalue weighted by Gasteiger charge is -2.05. The van der Waals surface area contributed by atoms with Crippen molar-refractivity contribution in [3.05, 3.63) is 121 Å². The molecule has 4 aromatic carbocycles. The molecular weight excluding hydrogens is 374 g/mol. The van der Waals surface area contributed by atoms with E-state index in [0.717, 1.165) is 10.9 Å². The van der Waals surface area contributed by atoms with Gasteiger partial charge in [0, 0.05) is 0 Å². The predicted octanol–water partition coefficient (Wildman–Crippen LogP) is 2.09. The molecule has 0 heterocycles. The molecule has 30 heavy (non-hydrogen) atoms. The Morgan fingerprint density at radius 2 is 0.600 bits per heavy atom. The molecule has 0 amide bonds. The third-order valence-corrected chi connectivity index (χ3v) is 4.11. The fraction of sp³-hybridized carbons (Fsp3) is 0. The Morgan fingerprint density at radius 1 is 0.367 bits per heavy atom. The molecular formula is C24H24B2O4. The van der Waals surface area contributed by atoms with Crippen molar-refractivity contribution in [1.29, 1.82) is 0 Å². The van der Waals surface area contributed by atoms with Gasteiger partial charge in [-0.1, -0.05) is 121 Å². The number of benzene rings is 4. The molecule has 150 valence electrons. The maximum absolute atomic E-state index is 9.99. The Kier molecular flexibility index (Phi) is 10.1. The highest BCUT2D eigenvalue weighted by atomic mass is 16.5. The summed E-state index contributed by atoms with van der Waals surface area (Å²) in [7, 11) is -2.17. The molecule has 0 spiro atoms. The van der Waals surface area contributed by atoms with Gasteiger partial charge in [-0.2, -0.15) is 0 Å². The van der Waals surface area contributed by atoms with Crippen LogP contribution in [-0.2, 0) is 0 Å². The molecule has 0 aromatic heterocycles. The Labute approximate surface area is 178 Å². The second-order valence-corrected chi connectivity index (χ2v) is 6.30. The van der Waals surface area contributed by atoms with Crippen molar-refractivity contribution in [3.8, 4) is 11.1 Å². The van der Waals surface area contributed by atoms with Crippen LogP contribution in [0.1, 0.15) is 0 Å². The molecule has 0 aliphatic rings. The molecule has 0 aliphatic carbocycles. The van der Waals surface area contributed by atoms with E-state index >= 15 is 0 Å². The minimum atomic E-state index is -2.17. The summed E-state index contributed by atoms with van der Waals surface area (Å²) in [6.07, 6.45) is 0. The molecule has 4 aromatic rings. The summed E-state index contributed by atoms with van der Waals surface area (Å²) < 4.78 is 0. The van der Waals surface area contributed by atoms with E-state index in [0.29, 0.717) is 0 Å². The van der Waals surface area contributed by atoms with Crippen molar-refractivity contribution in [2.45, 2.75) is 0 Å². The summed E-state index contributed by atoms with van der Waals surface area (Å²) in [6.45, 7) is -0.516. The first kappa shape index (κ1) is 23.1. The van der Waals surface area contributed by atoms with Crippen molar-refractivity contribution in [1.82, 2.24) is 0 Å². The molecule has 4 nitrogen and oxygen atoms in total. The van der Waals surface area contributed by atoms with E-state index in [1.807, 2.05) is 72.8 Å². The summed E-state index contributed by atoms with van der Waals surface area (Å²) >= 11 is 0. The van der Waals surface area contributed by atoms with E-state index < -0.39 is 14.2 Å². The van der Waals surface area contributed by atoms with Crippen LogP contribution in [0.2, 0.25) is 0 Å². The van der Waals surface area contributed by atoms with E-state index in [-0.39, 0.29) is 0 Å².